The Morgan fingerprint density at radius 1 is 0.301 bits per heavy atom. The molecule has 0 heterocycles. The first-order chi connectivity index (χ1) is 45.9. The molecule has 24 heteroatoms. The number of anilines is 3. The molecule has 0 atom stereocenters. The number of alkyl halides is 18. The average molecular weight is 1490 g/mol. The summed E-state index contributed by atoms with van der Waals surface area (Å²) in [5, 5.41) is 8.64. The second-order valence-corrected chi connectivity index (χ2v) is 31.7. The fourth-order valence-electron chi connectivity index (χ4n) is 9.32. The first-order valence-electron chi connectivity index (χ1n) is 32.3. The van der Waals surface area contributed by atoms with Crippen molar-refractivity contribution in [1.82, 2.24) is 0 Å². The number of aliphatic hydroxyl groups excluding tert-OH is 1. The summed E-state index contributed by atoms with van der Waals surface area (Å²) in [5.74, 6) is -4.80. The van der Waals surface area contributed by atoms with E-state index in [1.807, 2.05) is 110 Å². The van der Waals surface area contributed by atoms with Gasteiger partial charge in [-0.05, 0) is 150 Å². The smallest absolute Gasteiger partial charge is 0.399 e. The van der Waals surface area contributed by atoms with E-state index in [0.717, 1.165) is 53.1 Å². The minimum atomic E-state index is -4.51. The van der Waals surface area contributed by atoms with Crippen molar-refractivity contribution in [2.45, 2.75) is 234 Å². The van der Waals surface area contributed by atoms with Crippen molar-refractivity contribution in [3.8, 4) is 0 Å². The molecule has 7 aromatic carbocycles. The van der Waals surface area contributed by atoms with Crippen LogP contribution in [0.5, 0.6) is 0 Å². The van der Waals surface area contributed by atoms with E-state index in [1.54, 1.807) is 84.9 Å². The summed E-state index contributed by atoms with van der Waals surface area (Å²) >= 11 is 0. The lowest BCUT2D eigenvalue weighted by atomic mass is 9.83. The van der Waals surface area contributed by atoms with Crippen LogP contribution in [0.2, 0.25) is 0 Å². The van der Waals surface area contributed by atoms with Crippen molar-refractivity contribution in [3.63, 3.8) is 0 Å². The maximum Gasteiger partial charge on any atom is 0.416 e. The lowest BCUT2D eigenvalue weighted by molar-refractivity contribution is -0.138. The molecule has 576 valence electrons. The van der Waals surface area contributed by atoms with E-state index in [1.165, 1.54) is 48.5 Å². The zero-order valence-corrected chi connectivity index (χ0v) is 62.3. The fourth-order valence-corrected chi connectivity index (χ4v) is 9.32. The molecule has 0 saturated carbocycles. The van der Waals surface area contributed by atoms with Gasteiger partial charge in [-0.15, -0.1) is 0 Å². The maximum absolute atomic E-state index is 13.6. The number of halogens is 20. The highest BCUT2D eigenvalue weighted by molar-refractivity contribution is 5.51. The molecule has 0 fully saturated rings. The van der Waals surface area contributed by atoms with Crippen LogP contribution >= 0.6 is 0 Å². The van der Waals surface area contributed by atoms with E-state index in [-0.39, 0.29) is 55.1 Å². The second kappa shape index (κ2) is 35.1. The Morgan fingerprint density at radius 3 is 0.903 bits per heavy atom. The summed E-state index contributed by atoms with van der Waals surface area (Å²) < 4.78 is 253. The van der Waals surface area contributed by atoms with E-state index < -0.39 is 106 Å². The molecule has 7 aromatic rings. The van der Waals surface area contributed by atoms with E-state index in [2.05, 4.69) is 0 Å². The van der Waals surface area contributed by atoms with Crippen LogP contribution in [-0.4, -0.2) is 11.7 Å². The largest absolute Gasteiger partial charge is 0.416 e. The molecule has 0 radical (unpaired) electrons. The van der Waals surface area contributed by atoms with E-state index >= 15 is 0 Å². The van der Waals surface area contributed by atoms with Crippen LogP contribution in [0, 0.1) is 18.6 Å². The Balaban J connectivity index is 0.000000601. The van der Waals surface area contributed by atoms with E-state index in [0.29, 0.717) is 28.3 Å². The number of rotatable bonds is 4. The van der Waals surface area contributed by atoms with Crippen molar-refractivity contribution in [3.05, 3.63) is 229 Å². The van der Waals surface area contributed by atoms with Gasteiger partial charge in [0.25, 0.3) is 18.8 Å². The first kappa shape index (κ1) is 93.5. The quantitative estimate of drug-likeness (QED) is 0.104. The third-order valence-electron chi connectivity index (χ3n) is 15.4. The highest BCUT2D eigenvalue weighted by Crippen LogP contribution is 2.41. The molecule has 103 heavy (non-hydrogen) atoms. The third kappa shape index (κ3) is 30.2. The highest BCUT2D eigenvalue weighted by atomic mass is 19.4. The second-order valence-electron chi connectivity index (χ2n) is 31.7. The Morgan fingerprint density at radius 2 is 0.583 bits per heavy atom. The summed E-state index contributed by atoms with van der Waals surface area (Å²) in [6, 6.07) is 29.6. The molecule has 0 aromatic heterocycles. The normalized spacial score (nSPS) is 12.7. The molecule has 4 nitrogen and oxygen atoms in total. The third-order valence-corrected chi connectivity index (χ3v) is 15.4. The molecule has 0 amide bonds. The predicted molar refractivity (Wildman–Crippen MR) is 375 cm³/mol. The lowest BCUT2D eigenvalue weighted by Crippen LogP contribution is -2.21. The van der Waals surface area contributed by atoms with Crippen LogP contribution in [0.4, 0.5) is 105 Å². The minimum absolute atomic E-state index is 0.0279. The fraction of sp³-hybridized carbons (Fsp3) is 0.468. The molecule has 0 bridgehead atoms. The summed E-state index contributed by atoms with van der Waals surface area (Å²) in [5.41, 5.74) is 15.3. The molecule has 0 spiro atoms. The van der Waals surface area contributed by atoms with Gasteiger partial charge < -0.3 is 22.3 Å². The van der Waals surface area contributed by atoms with Crippen molar-refractivity contribution in [2.75, 3.05) is 23.8 Å². The summed E-state index contributed by atoms with van der Waals surface area (Å²) in [7, 11) is 0. The van der Waals surface area contributed by atoms with Crippen molar-refractivity contribution in [2.24, 2.45) is 0 Å². The molecule has 0 saturated heterocycles. The van der Waals surface area contributed by atoms with Crippen LogP contribution in [-0.2, 0) is 68.5 Å². The van der Waals surface area contributed by atoms with Gasteiger partial charge in [-0.3, -0.25) is 0 Å². The van der Waals surface area contributed by atoms with Crippen LogP contribution in [0.1, 0.15) is 242 Å². The number of hydrogen-bond donors (Lipinski definition) is 4. The van der Waals surface area contributed by atoms with Gasteiger partial charge in [0.15, 0.2) is 0 Å². The van der Waals surface area contributed by atoms with Crippen LogP contribution < -0.4 is 17.2 Å². The van der Waals surface area contributed by atoms with Crippen LogP contribution in [0.15, 0.2) is 133 Å². The topological polar surface area (TPSA) is 98.3 Å². The maximum atomic E-state index is 13.6. The van der Waals surface area contributed by atoms with Gasteiger partial charge in [0.1, 0.15) is 18.2 Å². The number of nitrogens with two attached hydrogens (primary N) is 3. The Kier molecular flexibility index (Phi) is 31.8. The zero-order chi connectivity index (χ0) is 81.0. The Hall–Kier alpha value is -7.50. The zero-order valence-electron chi connectivity index (χ0n) is 62.3. The predicted octanol–water partition coefficient (Wildman–Crippen LogP) is 26.3. The first-order valence-corrected chi connectivity index (χ1v) is 32.3. The Labute approximate surface area is 593 Å². The number of hydrogen-bond acceptors (Lipinski definition) is 4. The van der Waals surface area contributed by atoms with Gasteiger partial charge in [-0.25, -0.2) is 26.3 Å². The minimum Gasteiger partial charge on any atom is -0.399 e. The van der Waals surface area contributed by atoms with Gasteiger partial charge in [0.05, 0.1) is 33.5 Å². The molecule has 0 aliphatic rings. The van der Waals surface area contributed by atoms with Gasteiger partial charge in [-0.1, -0.05) is 218 Å². The van der Waals surface area contributed by atoms with Crippen LogP contribution in [0.25, 0.3) is 0 Å². The van der Waals surface area contributed by atoms with Gasteiger partial charge in [0, 0.05) is 22.5 Å². The molecule has 0 aliphatic carbocycles. The summed E-state index contributed by atoms with van der Waals surface area (Å²) in [6.45, 7) is 39.6. The van der Waals surface area contributed by atoms with E-state index in [9.17, 15) is 87.8 Å². The summed E-state index contributed by atoms with van der Waals surface area (Å²) in [6.07, 6.45) is -22.5. The van der Waals surface area contributed by atoms with Crippen molar-refractivity contribution in [1.29, 1.82) is 0 Å². The lowest BCUT2D eigenvalue weighted by Gasteiger charge is -2.23. The summed E-state index contributed by atoms with van der Waals surface area (Å²) in [4.78, 5) is 0. The molecule has 7 rings (SSSR count). The monoisotopic (exact) mass is 1490 g/mol. The number of aliphatic hydroxyl groups is 1. The average Bonchev–Trinajstić information content (AvgIpc) is 0.828. The number of nitrogen functional groups attached to an aromatic ring is 3. The van der Waals surface area contributed by atoms with Crippen LogP contribution in [0.3, 0.4) is 0 Å². The highest BCUT2D eigenvalue weighted by Gasteiger charge is 2.37. The number of benzene rings is 7. The van der Waals surface area contributed by atoms with Gasteiger partial charge >= 0.3 is 24.7 Å². The van der Waals surface area contributed by atoms with Crippen molar-refractivity contribution >= 4 is 17.1 Å². The van der Waals surface area contributed by atoms with E-state index in [4.69, 9.17) is 22.3 Å². The molecular formula is C79H99F20N3O. The SMILES string of the molecule is CC(C)(C)c1cc(C(F)(F)F)cc(N)c1F.CC(C)(C)c1cc(N)cc(C(F)(F)CO)c1.CC(C)(C)c1cc(N)cc(C(F)(F)F)c1.CC(C)(C)c1cccc(C(F)(F)F)c1.CC(C)(C)c1cccc(C(F)(F)F)c1.CC(C)(C)c1cccc(C(F)F)c1F.Cc1c(C(F)F)cccc1C(C)(C)C. The molecular weight excluding hydrogens is 1390 g/mol. The van der Waals surface area contributed by atoms with Gasteiger partial charge in [0.2, 0.25) is 0 Å². The van der Waals surface area contributed by atoms with Gasteiger partial charge in [-0.2, -0.15) is 61.5 Å². The molecule has 7 N–H and O–H groups in total. The standard InChI is InChI=1S/C12H17F2NO.C12H16F2.C11H13F4N.C11H14F3N.3C11H13F3/c1-11(2,3)8-4-9(6-10(15)5-8)12(13,14)7-16;1-8-9(11(13)14)6-5-7-10(8)12(2,3)4;1-10(2,3)7-4-6(11(13,14)15)5-8(16)9(7)12;1-10(2,3)7-4-8(11(12,13)14)6-9(15)5-7;2*1-10(2,3)8-5-4-6-9(7-8)11(12,13)14;1-11(2,3)8-6-4-5-7(9(8)12)10(13)14/h4-6,16H,7,15H2,1-3H3;5-7,11H,1-4H3;4-5H,16H2,1-3H3;4-6H,15H2,1-3H3;2*4-7H,1-3H3;4-6,10H,1-3H3. The molecule has 0 aliphatic heterocycles. The molecule has 0 unspecified atom stereocenters. The van der Waals surface area contributed by atoms with Crippen molar-refractivity contribution < 1.29 is 92.9 Å². The Bertz CT molecular complexity index is 3610.